The van der Waals surface area contributed by atoms with E-state index in [9.17, 15) is 117 Å². The van der Waals surface area contributed by atoms with Crippen LogP contribution in [0.25, 0.3) is 10.8 Å². The van der Waals surface area contributed by atoms with Gasteiger partial charge in [-0.15, -0.1) is 0 Å². The van der Waals surface area contributed by atoms with Crippen LogP contribution in [0, 0.1) is 0 Å². The summed E-state index contributed by atoms with van der Waals surface area (Å²) in [5, 5.41) is 252. The number of aliphatic hydroxyl groups is 23. The fourth-order valence-electron chi connectivity index (χ4n) is 11.3. The summed E-state index contributed by atoms with van der Waals surface area (Å²) in [7, 11) is 0. The molecule has 34 atom stereocenters. The van der Waals surface area contributed by atoms with Crippen molar-refractivity contribution in [1.82, 2.24) is 0 Å². The van der Waals surface area contributed by atoms with Crippen molar-refractivity contribution in [3.63, 3.8) is 0 Å². The fraction of sp³-hybridized carbons (Fsp3) is 0.808. The Hall–Kier alpha value is -3.10. The van der Waals surface area contributed by atoms with Gasteiger partial charge in [-0.2, -0.15) is 0 Å². The van der Waals surface area contributed by atoms with Gasteiger partial charge in [-0.1, -0.05) is 24.3 Å². The van der Waals surface area contributed by atoms with Crippen molar-refractivity contribution in [2.75, 3.05) is 63.8 Å². The van der Waals surface area contributed by atoms with Crippen LogP contribution in [-0.4, -0.2) is 379 Å². The number of nitrogen functional groups attached to an aromatic ring is 1. The second kappa shape index (κ2) is 31.4. The third-order valence-electron chi connectivity index (χ3n) is 16.5. The van der Waals surface area contributed by atoms with Crippen molar-refractivity contribution in [1.29, 1.82) is 0 Å². The van der Waals surface area contributed by atoms with E-state index in [-0.39, 0.29) is 6.54 Å². The van der Waals surface area contributed by atoms with Gasteiger partial charge in [-0.25, -0.2) is 0 Å². The molecule has 6 saturated heterocycles. The van der Waals surface area contributed by atoms with Gasteiger partial charge in [0.25, 0.3) is 0 Å². The van der Waals surface area contributed by atoms with Crippen molar-refractivity contribution >= 4 is 22.1 Å². The van der Waals surface area contributed by atoms with Crippen LogP contribution in [0.2, 0.25) is 0 Å². The van der Waals surface area contributed by atoms with Crippen LogP contribution in [0.1, 0.15) is 0 Å². The Morgan fingerprint density at radius 1 is 0.371 bits per heavy atom. The number of hydrogen-bond donors (Lipinski definition) is 25. The van der Waals surface area contributed by atoms with Crippen molar-refractivity contribution < 1.29 is 174 Å². The number of fused-ring (bicyclic) bond motifs is 1. The van der Waals surface area contributed by atoms with Crippen LogP contribution < -0.4 is 11.1 Å². The molecule has 0 aliphatic carbocycles. The lowest BCUT2D eigenvalue weighted by atomic mass is 9.95. The van der Waals surface area contributed by atoms with Gasteiger partial charge in [0.05, 0.1) is 52.4 Å². The maximum atomic E-state index is 11.4. The minimum atomic E-state index is -2.24. The molecule has 2 aromatic carbocycles. The number of hydrogen-bond acceptors (Lipinski definition) is 37. The molecule has 6 aliphatic heterocycles. The van der Waals surface area contributed by atoms with Crippen molar-refractivity contribution in [2.24, 2.45) is 0 Å². The third-order valence-corrected chi connectivity index (χ3v) is 16.5. The van der Waals surface area contributed by atoms with Gasteiger partial charge in [-0.05, 0) is 12.1 Å². The van der Waals surface area contributed by atoms with E-state index in [1.807, 2.05) is 0 Å². The molecule has 6 heterocycles. The summed E-state index contributed by atoms with van der Waals surface area (Å²) in [5.74, 6) is 0. The lowest BCUT2D eigenvalue weighted by Crippen LogP contribution is -2.68. The molecule has 510 valence electrons. The number of nitrogens with one attached hydrogen (secondary N) is 1. The van der Waals surface area contributed by atoms with E-state index >= 15 is 0 Å². The van der Waals surface area contributed by atoms with Gasteiger partial charge < -0.3 is 185 Å². The lowest BCUT2D eigenvalue weighted by molar-refractivity contribution is -0.397. The molecule has 0 bridgehead atoms. The molecule has 0 saturated carbocycles. The lowest BCUT2D eigenvalue weighted by Gasteiger charge is -2.50. The summed E-state index contributed by atoms with van der Waals surface area (Å²) in [4.78, 5) is 0. The first kappa shape index (κ1) is 71.7. The minimum absolute atomic E-state index is 0.367. The maximum Gasteiger partial charge on any atom is 0.187 e. The smallest absolute Gasteiger partial charge is 0.187 e. The molecule has 26 N–H and O–H groups in total. The molecule has 2 aromatic rings. The Balaban J connectivity index is 0.853. The molecule has 0 spiro atoms. The normalized spacial score (nSPS) is 44.6. The highest BCUT2D eigenvalue weighted by Gasteiger charge is 2.58. The van der Waals surface area contributed by atoms with Gasteiger partial charge >= 0.3 is 0 Å². The van der Waals surface area contributed by atoms with Crippen molar-refractivity contribution in [2.45, 2.75) is 209 Å². The summed E-state index contributed by atoms with van der Waals surface area (Å²) in [5.41, 5.74) is 7.06. The van der Waals surface area contributed by atoms with E-state index < -0.39 is 255 Å². The van der Waals surface area contributed by atoms with Crippen LogP contribution in [-0.2, 0) is 56.8 Å². The standard InChI is InChI=1S/C52H82N2O35/c53-17-5-1-4-16-15(17)3-2-6-18(16)54-7-19(62)27(64)41(20(63)8-55)84-48-36(73)30(67)43(22(10-57)79-48)86-50-38(75)32(69)45(24(12-59)81-50)88-52-40(77)34(71)46(26(14-61)83-52)89-51-39(76)33(70)44(25(13-60)82-51)87-49-37(74)31(68)42(23(11-58)80-49)85-47-35(72)29(66)28(65)21(9-56)78-47/h1-6,19-52,54-77H,7-14,53H2/t19-,20+,21+,22+,23+,24+,25+,26+,27+,28+,29-,30+,31+,32+,33+,34+,35+,36+,37+,38+,39+,40+,41+,42+,43+,44+,45+,46+,47+,48+,49+,50+,51+,52+/m0/s1. The van der Waals surface area contributed by atoms with Crippen LogP contribution in [0.15, 0.2) is 36.4 Å². The molecule has 89 heavy (non-hydrogen) atoms. The first-order chi connectivity index (χ1) is 42.4. The molecule has 0 aromatic heterocycles. The van der Waals surface area contributed by atoms with Gasteiger partial charge in [0.2, 0.25) is 0 Å². The summed E-state index contributed by atoms with van der Waals surface area (Å²) in [6.45, 7) is -7.49. The molecule has 6 aliphatic rings. The predicted octanol–water partition coefficient (Wildman–Crippen LogP) is -13.8. The number of benzene rings is 2. The highest BCUT2D eigenvalue weighted by atomic mass is 16.8. The minimum Gasteiger partial charge on any atom is -0.398 e. The Bertz CT molecular complexity index is 2480. The topological polar surface area (TPSA) is 614 Å². The van der Waals surface area contributed by atoms with Crippen LogP contribution in [0.4, 0.5) is 11.4 Å². The number of aliphatic hydroxyl groups excluding tert-OH is 23. The molecule has 0 unspecified atom stereocenters. The quantitative estimate of drug-likeness (QED) is 0.0411. The number of ether oxygens (including phenoxy) is 12. The molecule has 6 fully saturated rings. The molecule has 0 amide bonds. The summed E-state index contributed by atoms with van der Waals surface area (Å²) in [6.07, 6.45) is -66.7. The summed E-state index contributed by atoms with van der Waals surface area (Å²) >= 11 is 0. The number of rotatable bonds is 25. The first-order valence-electron chi connectivity index (χ1n) is 28.4. The molecular formula is C52H82N2O35. The predicted molar refractivity (Wildman–Crippen MR) is 284 cm³/mol. The van der Waals surface area contributed by atoms with Gasteiger partial charge in [0, 0.05) is 28.7 Å². The molecule has 0 radical (unpaired) electrons. The van der Waals surface area contributed by atoms with Crippen molar-refractivity contribution in [3.05, 3.63) is 36.4 Å². The average molecular weight is 1300 g/mol. The number of nitrogens with two attached hydrogens (primary N) is 1. The fourth-order valence-corrected chi connectivity index (χ4v) is 11.3. The van der Waals surface area contributed by atoms with Gasteiger partial charge in [-0.3, -0.25) is 0 Å². The monoisotopic (exact) mass is 1290 g/mol. The number of anilines is 2. The first-order valence-corrected chi connectivity index (χ1v) is 28.4. The van der Waals surface area contributed by atoms with Crippen LogP contribution in [0.3, 0.4) is 0 Å². The summed E-state index contributed by atoms with van der Waals surface area (Å²) < 4.78 is 67.5. The maximum absolute atomic E-state index is 11.4. The van der Waals surface area contributed by atoms with E-state index in [0.29, 0.717) is 22.1 Å². The molecule has 8 rings (SSSR count). The SMILES string of the molecule is Nc1cccc2c(NC[C@H](O)[C@@H](O)[C@H](O[C@H]3O[C@H](CO)[C@@H](O[C@H]4O[C@H](CO)[C@@H](O[C@H]5O[C@H](CO)[C@@H](O[C@H]6O[C@H](CO)[C@@H](O[C@H]7O[C@H](CO)[C@@H](O[C@H]8O[C@H](CO)[C@@H](O)[C@H](O)[C@H]8O)[C@H](O)[C@H]7O)[C@H](O)[C@H]6O)[C@H](O)[C@H]5O)[C@H](O)[C@H]4O)[C@H](O)[C@H]3O)[C@H](O)CO)cccc12. The second-order valence-corrected chi connectivity index (χ2v) is 22.3. The van der Waals surface area contributed by atoms with Gasteiger partial charge in [0.15, 0.2) is 37.7 Å². The van der Waals surface area contributed by atoms with E-state index in [0.717, 1.165) is 0 Å². The zero-order chi connectivity index (χ0) is 65.0. The zero-order valence-corrected chi connectivity index (χ0v) is 47.0. The summed E-state index contributed by atoms with van der Waals surface area (Å²) in [6, 6.07) is 10.3. The molecule has 37 heteroatoms. The Kier molecular flexibility index (Phi) is 25.3. The van der Waals surface area contributed by atoms with E-state index in [4.69, 9.17) is 62.6 Å². The van der Waals surface area contributed by atoms with Crippen LogP contribution in [0.5, 0.6) is 0 Å². The van der Waals surface area contributed by atoms with Crippen molar-refractivity contribution in [3.8, 4) is 0 Å². The second-order valence-electron chi connectivity index (χ2n) is 22.3. The average Bonchev–Trinajstić information content (AvgIpc) is 3.69. The largest absolute Gasteiger partial charge is 0.398 e. The highest BCUT2D eigenvalue weighted by Crippen LogP contribution is 2.38. The Morgan fingerprint density at radius 3 is 1.04 bits per heavy atom. The van der Waals surface area contributed by atoms with E-state index in [1.54, 1.807) is 36.4 Å². The molecule has 37 nitrogen and oxygen atoms in total. The van der Waals surface area contributed by atoms with E-state index in [1.165, 1.54) is 0 Å². The van der Waals surface area contributed by atoms with Crippen LogP contribution >= 0.6 is 0 Å². The highest BCUT2D eigenvalue weighted by molar-refractivity contribution is 6.00. The molecular weight excluding hydrogens is 1210 g/mol. The van der Waals surface area contributed by atoms with Gasteiger partial charge in [0.1, 0.15) is 165 Å². The zero-order valence-electron chi connectivity index (χ0n) is 47.0. The third kappa shape index (κ3) is 15.2. The van der Waals surface area contributed by atoms with E-state index in [2.05, 4.69) is 5.32 Å². The Labute approximate surface area is 504 Å². The Morgan fingerprint density at radius 2 is 0.685 bits per heavy atom.